The first-order chi connectivity index (χ1) is 10.8. The van der Waals surface area contributed by atoms with Crippen LogP contribution in [0, 0.1) is 0 Å². The molecular weight excluding hydrogens is 274 g/mol. The van der Waals surface area contributed by atoms with Crippen LogP contribution >= 0.6 is 0 Å². The van der Waals surface area contributed by atoms with Gasteiger partial charge in [-0.15, -0.1) is 0 Å². The Kier molecular flexibility index (Phi) is 4.49. The van der Waals surface area contributed by atoms with Crippen molar-refractivity contribution in [3.63, 3.8) is 0 Å². The maximum absolute atomic E-state index is 12.5. The molecule has 1 unspecified atom stereocenters. The highest BCUT2D eigenvalue weighted by molar-refractivity contribution is 5.96. The number of para-hydroxylation sites is 1. The van der Waals surface area contributed by atoms with Gasteiger partial charge in [0.25, 0.3) is 0 Å². The smallest absolute Gasteiger partial charge is 0.228 e. The van der Waals surface area contributed by atoms with Crippen molar-refractivity contribution in [3.05, 3.63) is 59.9 Å². The lowest BCUT2D eigenvalue weighted by Crippen LogP contribution is -2.37. The fraction of sp³-hybridized carbons (Fsp3) is 0.333. The normalized spacial score (nSPS) is 16.6. The zero-order chi connectivity index (χ0) is 15.4. The van der Waals surface area contributed by atoms with E-state index in [2.05, 4.69) is 23.3 Å². The summed E-state index contributed by atoms with van der Waals surface area (Å²) in [5.74, 6) is 0.191. The number of carbonyl (C=O) groups excluding carboxylic acids is 1. The SMILES string of the molecule is CC1Cc2ccccc2N1C(=O)CCNCc1cccnc1. The van der Waals surface area contributed by atoms with Crippen molar-refractivity contribution in [3.8, 4) is 0 Å². The number of hydrogen-bond acceptors (Lipinski definition) is 3. The minimum Gasteiger partial charge on any atom is -0.312 e. The summed E-state index contributed by atoms with van der Waals surface area (Å²) in [5, 5.41) is 3.31. The number of aromatic nitrogens is 1. The minimum absolute atomic E-state index is 0.191. The Morgan fingerprint density at radius 2 is 2.18 bits per heavy atom. The molecule has 0 radical (unpaired) electrons. The summed E-state index contributed by atoms with van der Waals surface area (Å²) in [6.07, 6.45) is 5.07. The lowest BCUT2D eigenvalue weighted by atomic mass is 10.1. The molecule has 1 aromatic carbocycles. The number of nitrogens with one attached hydrogen (secondary N) is 1. The number of fused-ring (bicyclic) bond motifs is 1. The van der Waals surface area contributed by atoms with Crippen LogP contribution in [0.15, 0.2) is 48.8 Å². The predicted octanol–water partition coefficient (Wildman–Crippen LogP) is 2.54. The number of rotatable bonds is 5. The number of amides is 1. The second-order valence-corrected chi connectivity index (χ2v) is 5.73. The summed E-state index contributed by atoms with van der Waals surface area (Å²) in [6.45, 7) is 3.54. The number of nitrogens with zero attached hydrogens (tertiary/aromatic N) is 2. The van der Waals surface area contributed by atoms with Crippen LogP contribution < -0.4 is 10.2 Å². The standard InChI is InChI=1S/C18H21N3O/c1-14-11-16-6-2-3-7-17(16)21(14)18(22)8-10-20-13-15-5-4-9-19-12-15/h2-7,9,12,14,20H,8,10-11,13H2,1H3. The van der Waals surface area contributed by atoms with E-state index in [0.717, 1.165) is 24.2 Å². The fourth-order valence-corrected chi connectivity index (χ4v) is 3.00. The highest BCUT2D eigenvalue weighted by Gasteiger charge is 2.29. The highest BCUT2D eigenvalue weighted by atomic mass is 16.2. The van der Waals surface area contributed by atoms with Crippen LogP contribution in [0.3, 0.4) is 0 Å². The Hall–Kier alpha value is -2.20. The Balaban J connectivity index is 1.52. The second-order valence-electron chi connectivity index (χ2n) is 5.73. The Bertz CT molecular complexity index is 642. The van der Waals surface area contributed by atoms with Crippen molar-refractivity contribution >= 4 is 11.6 Å². The first kappa shape index (κ1) is 14.7. The molecule has 0 aliphatic carbocycles. The zero-order valence-corrected chi connectivity index (χ0v) is 12.8. The molecule has 0 fully saturated rings. The van der Waals surface area contributed by atoms with Crippen LogP contribution in [-0.4, -0.2) is 23.5 Å². The van der Waals surface area contributed by atoms with Crippen LogP contribution in [0.4, 0.5) is 5.69 Å². The average molecular weight is 295 g/mol. The molecule has 4 nitrogen and oxygen atoms in total. The lowest BCUT2D eigenvalue weighted by Gasteiger charge is -2.22. The van der Waals surface area contributed by atoms with E-state index in [-0.39, 0.29) is 11.9 Å². The molecule has 1 aliphatic heterocycles. The quantitative estimate of drug-likeness (QED) is 0.862. The zero-order valence-electron chi connectivity index (χ0n) is 12.8. The van der Waals surface area contributed by atoms with Crippen LogP contribution in [0.1, 0.15) is 24.5 Å². The van der Waals surface area contributed by atoms with Gasteiger partial charge < -0.3 is 10.2 Å². The van der Waals surface area contributed by atoms with Gasteiger partial charge in [-0.1, -0.05) is 24.3 Å². The fourth-order valence-electron chi connectivity index (χ4n) is 3.00. The van der Waals surface area contributed by atoms with Gasteiger partial charge in [-0.2, -0.15) is 0 Å². The van der Waals surface area contributed by atoms with Crippen molar-refractivity contribution in [2.24, 2.45) is 0 Å². The van der Waals surface area contributed by atoms with E-state index in [1.165, 1.54) is 5.56 Å². The van der Waals surface area contributed by atoms with Crippen LogP contribution in [-0.2, 0) is 17.8 Å². The van der Waals surface area contributed by atoms with E-state index in [4.69, 9.17) is 0 Å². The van der Waals surface area contributed by atoms with Crippen molar-refractivity contribution in [2.45, 2.75) is 32.4 Å². The van der Waals surface area contributed by atoms with Gasteiger partial charge in [-0.3, -0.25) is 9.78 Å². The summed E-state index contributed by atoms with van der Waals surface area (Å²) < 4.78 is 0. The molecule has 114 valence electrons. The van der Waals surface area contributed by atoms with Gasteiger partial charge in [0, 0.05) is 43.6 Å². The molecule has 22 heavy (non-hydrogen) atoms. The van der Waals surface area contributed by atoms with E-state index in [1.54, 1.807) is 6.20 Å². The molecular formula is C18H21N3O. The molecule has 2 heterocycles. The highest BCUT2D eigenvalue weighted by Crippen LogP contribution is 2.32. The van der Waals surface area contributed by atoms with Crippen molar-refractivity contribution in [2.75, 3.05) is 11.4 Å². The molecule has 1 aliphatic rings. The van der Waals surface area contributed by atoms with E-state index in [1.807, 2.05) is 41.4 Å². The number of carbonyl (C=O) groups is 1. The number of hydrogen-bond donors (Lipinski definition) is 1. The molecule has 0 saturated carbocycles. The van der Waals surface area contributed by atoms with E-state index < -0.39 is 0 Å². The summed E-state index contributed by atoms with van der Waals surface area (Å²) in [7, 11) is 0. The van der Waals surface area contributed by atoms with Gasteiger partial charge in [0.15, 0.2) is 0 Å². The Morgan fingerprint density at radius 1 is 1.32 bits per heavy atom. The Labute approximate surface area is 131 Å². The summed E-state index contributed by atoms with van der Waals surface area (Å²) in [4.78, 5) is 18.5. The predicted molar refractivity (Wildman–Crippen MR) is 87.7 cm³/mol. The van der Waals surface area contributed by atoms with Crippen LogP contribution in [0.5, 0.6) is 0 Å². The third kappa shape index (κ3) is 3.17. The Morgan fingerprint density at radius 3 is 3.00 bits per heavy atom. The number of pyridine rings is 1. The maximum atomic E-state index is 12.5. The molecule has 4 heteroatoms. The second kappa shape index (κ2) is 6.71. The third-order valence-electron chi connectivity index (χ3n) is 4.04. The molecule has 1 amide bonds. The van der Waals surface area contributed by atoms with Gasteiger partial charge in [0.2, 0.25) is 5.91 Å². The molecule has 1 atom stereocenters. The monoisotopic (exact) mass is 295 g/mol. The minimum atomic E-state index is 0.191. The lowest BCUT2D eigenvalue weighted by molar-refractivity contribution is -0.118. The molecule has 0 bridgehead atoms. The summed E-state index contributed by atoms with van der Waals surface area (Å²) >= 11 is 0. The van der Waals surface area contributed by atoms with Gasteiger partial charge in [0.05, 0.1) is 0 Å². The molecule has 3 rings (SSSR count). The van der Waals surface area contributed by atoms with Gasteiger partial charge in [-0.25, -0.2) is 0 Å². The molecule has 2 aromatic rings. The number of benzene rings is 1. The number of anilines is 1. The first-order valence-corrected chi connectivity index (χ1v) is 7.75. The topological polar surface area (TPSA) is 45.2 Å². The van der Waals surface area contributed by atoms with Gasteiger partial charge in [0.1, 0.15) is 0 Å². The average Bonchev–Trinajstić information content (AvgIpc) is 2.88. The van der Waals surface area contributed by atoms with Crippen molar-refractivity contribution < 1.29 is 4.79 Å². The van der Waals surface area contributed by atoms with Gasteiger partial charge in [-0.05, 0) is 36.6 Å². The molecule has 1 aromatic heterocycles. The largest absolute Gasteiger partial charge is 0.312 e. The van der Waals surface area contributed by atoms with E-state index >= 15 is 0 Å². The van der Waals surface area contributed by atoms with E-state index in [0.29, 0.717) is 13.0 Å². The first-order valence-electron chi connectivity index (χ1n) is 7.75. The summed E-state index contributed by atoms with van der Waals surface area (Å²) in [5.41, 5.74) is 3.48. The molecule has 0 spiro atoms. The van der Waals surface area contributed by atoms with E-state index in [9.17, 15) is 4.79 Å². The molecule has 1 N–H and O–H groups in total. The van der Waals surface area contributed by atoms with Crippen molar-refractivity contribution in [1.82, 2.24) is 10.3 Å². The van der Waals surface area contributed by atoms with Crippen molar-refractivity contribution in [1.29, 1.82) is 0 Å². The van der Waals surface area contributed by atoms with Gasteiger partial charge >= 0.3 is 0 Å². The third-order valence-corrected chi connectivity index (χ3v) is 4.04. The maximum Gasteiger partial charge on any atom is 0.228 e. The summed E-state index contributed by atoms with van der Waals surface area (Å²) in [6, 6.07) is 12.4. The molecule has 0 saturated heterocycles. The van der Waals surface area contributed by atoms with Crippen LogP contribution in [0.25, 0.3) is 0 Å². The van der Waals surface area contributed by atoms with Crippen LogP contribution in [0.2, 0.25) is 0 Å².